The number of aromatic nitrogens is 1. The van der Waals surface area contributed by atoms with E-state index in [1.54, 1.807) is 16.4 Å². The molecule has 7 heteroatoms. The molecule has 1 fully saturated rings. The Kier molecular flexibility index (Phi) is 5.55. The third-order valence-electron chi connectivity index (χ3n) is 4.14. The van der Waals surface area contributed by atoms with Crippen molar-refractivity contribution in [3.63, 3.8) is 0 Å². The zero-order valence-corrected chi connectivity index (χ0v) is 15.3. The first-order valence-corrected chi connectivity index (χ1v) is 10.5. The first-order chi connectivity index (χ1) is 11.6. The van der Waals surface area contributed by atoms with Crippen LogP contribution in [0.5, 0.6) is 0 Å². The minimum Gasteiger partial charge on any atom is -0.296 e. The maximum Gasteiger partial charge on any atom is 0.244 e. The Hall–Kier alpha value is -1.41. The molecule has 1 aliphatic heterocycles. The monoisotopic (exact) mass is 363 g/mol. The maximum absolute atomic E-state index is 12.7. The van der Waals surface area contributed by atoms with Crippen LogP contribution in [-0.2, 0) is 16.6 Å². The predicted molar refractivity (Wildman–Crippen MR) is 96.5 cm³/mol. The highest BCUT2D eigenvalue weighted by molar-refractivity contribution is 7.98. The number of benzene rings is 1. The van der Waals surface area contributed by atoms with E-state index in [0.29, 0.717) is 13.1 Å². The Morgan fingerprint density at radius 3 is 2.33 bits per heavy atom. The van der Waals surface area contributed by atoms with E-state index in [9.17, 15) is 8.42 Å². The number of pyridine rings is 1. The Morgan fingerprint density at radius 2 is 1.75 bits per heavy atom. The topological polar surface area (TPSA) is 53.5 Å². The van der Waals surface area contributed by atoms with Crippen molar-refractivity contribution in [1.29, 1.82) is 0 Å². The normalized spacial score (nSPS) is 17.0. The molecule has 0 unspecified atom stereocenters. The molecule has 0 atom stereocenters. The lowest BCUT2D eigenvalue weighted by atomic mass is 10.2. The highest BCUT2D eigenvalue weighted by Gasteiger charge is 2.28. The molecule has 128 valence electrons. The number of sulfonamides is 1. The Bertz CT molecular complexity index is 756. The van der Waals surface area contributed by atoms with Gasteiger partial charge in [0.1, 0.15) is 4.90 Å². The molecule has 2 aromatic rings. The van der Waals surface area contributed by atoms with Crippen molar-refractivity contribution < 1.29 is 8.42 Å². The lowest BCUT2D eigenvalue weighted by Crippen LogP contribution is -2.48. The summed E-state index contributed by atoms with van der Waals surface area (Å²) in [5.74, 6) is 0. The van der Waals surface area contributed by atoms with Gasteiger partial charge in [-0.05, 0) is 24.0 Å². The second-order valence-corrected chi connectivity index (χ2v) is 8.47. The Labute approximate surface area is 147 Å². The summed E-state index contributed by atoms with van der Waals surface area (Å²) in [6.07, 6.45) is 3.37. The van der Waals surface area contributed by atoms with Crippen LogP contribution in [0.3, 0.4) is 0 Å². The van der Waals surface area contributed by atoms with Crippen molar-refractivity contribution in [2.45, 2.75) is 16.5 Å². The van der Waals surface area contributed by atoms with Gasteiger partial charge in [0.15, 0.2) is 0 Å². The van der Waals surface area contributed by atoms with Crippen LogP contribution >= 0.6 is 11.8 Å². The lowest BCUT2D eigenvalue weighted by Gasteiger charge is -2.33. The highest BCUT2D eigenvalue weighted by atomic mass is 32.2. The molecule has 0 amide bonds. The molecule has 5 nitrogen and oxygen atoms in total. The van der Waals surface area contributed by atoms with Gasteiger partial charge in [-0.15, -0.1) is 11.8 Å². The molecule has 0 spiro atoms. The standard InChI is InChI=1S/C17H21N3O2S2/c1-23-17-8-7-16(13-18-17)24(21,22)20-11-9-19(10-12-20)14-15-5-3-2-4-6-15/h2-8,13H,9-12,14H2,1H3. The van der Waals surface area contributed by atoms with Gasteiger partial charge in [-0.1, -0.05) is 30.3 Å². The second kappa shape index (κ2) is 7.65. The van der Waals surface area contributed by atoms with Gasteiger partial charge in [-0.2, -0.15) is 4.31 Å². The zero-order chi connectivity index (χ0) is 17.0. The van der Waals surface area contributed by atoms with Crippen molar-refractivity contribution in [3.05, 3.63) is 54.2 Å². The molecular weight excluding hydrogens is 342 g/mol. The quantitative estimate of drug-likeness (QED) is 0.763. The molecule has 0 bridgehead atoms. The van der Waals surface area contributed by atoms with Crippen LogP contribution in [0.4, 0.5) is 0 Å². The van der Waals surface area contributed by atoms with E-state index >= 15 is 0 Å². The molecule has 2 heterocycles. The summed E-state index contributed by atoms with van der Waals surface area (Å²) in [6.45, 7) is 3.37. The minimum absolute atomic E-state index is 0.275. The van der Waals surface area contributed by atoms with Gasteiger partial charge in [0, 0.05) is 38.9 Å². The molecule has 0 aliphatic carbocycles. The van der Waals surface area contributed by atoms with E-state index in [4.69, 9.17) is 0 Å². The molecule has 24 heavy (non-hydrogen) atoms. The maximum atomic E-state index is 12.7. The number of nitrogens with zero attached hydrogens (tertiary/aromatic N) is 3. The number of rotatable bonds is 5. The van der Waals surface area contributed by atoms with E-state index in [1.165, 1.54) is 23.5 Å². The van der Waals surface area contributed by atoms with Crippen molar-refractivity contribution in [2.24, 2.45) is 0 Å². The molecule has 1 aromatic heterocycles. The second-order valence-electron chi connectivity index (χ2n) is 5.70. The highest BCUT2D eigenvalue weighted by Crippen LogP contribution is 2.20. The Morgan fingerprint density at radius 1 is 1.04 bits per heavy atom. The zero-order valence-electron chi connectivity index (χ0n) is 13.6. The smallest absolute Gasteiger partial charge is 0.244 e. The first-order valence-electron chi connectivity index (χ1n) is 7.86. The van der Waals surface area contributed by atoms with E-state index in [-0.39, 0.29) is 4.90 Å². The summed E-state index contributed by atoms with van der Waals surface area (Å²) in [5, 5.41) is 0.821. The van der Waals surface area contributed by atoms with E-state index in [0.717, 1.165) is 24.7 Å². The largest absolute Gasteiger partial charge is 0.296 e. The van der Waals surface area contributed by atoms with Crippen LogP contribution in [0, 0.1) is 0 Å². The van der Waals surface area contributed by atoms with Gasteiger partial charge < -0.3 is 0 Å². The molecule has 1 saturated heterocycles. The van der Waals surface area contributed by atoms with Crippen molar-refractivity contribution in [1.82, 2.24) is 14.2 Å². The molecular formula is C17H21N3O2S2. The van der Waals surface area contributed by atoms with Crippen LogP contribution in [0.2, 0.25) is 0 Å². The summed E-state index contributed by atoms with van der Waals surface area (Å²) in [6, 6.07) is 13.7. The molecule has 0 radical (unpaired) electrons. The number of thioether (sulfide) groups is 1. The van der Waals surface area contributed by atoms with Gasteiger partial charge in [-0.25, -0.2) is 13.4 Å². The van der Waals surface area contributed by atoms with Crippen molar-refractivity contribution in [2.75, 3.05) is 32.4 Å². The molecule has 0 saturated carbocycles. The summed E-state index contributed by atoms with van der Waals surface area (Å²) in [4.78, 5) is 6.74. The predicted octanol–water partition coefficient (Wildman–Crippen LogP) is 2.31. The van der Waals surface area contributed by atoms with Crippen molar-refractivity contribution >= 4 is 21.8 Å². The summed E-state index contributed by atoms with van der Waals surface area (Å²) >= 11 is 1.50. The van der Waals surface area contributed by atoms with Crippen LogP contribution < -0.4 is 0 Å². The first kappa shape index (κ1) is 17.4. The van der Waals surface area contributed by atoms with Crippen LogP contribution in [0.25, 0.3) is 0 Å². The summed E-state index contributed by atoms with van der Waals surface area (Å²) < 4.78 is 27.0. The molecule has 1 aromatic carbocycles. The van der Waals surface area contributed by atoms with Gasteiger partial charge in [-0.3, -0.25) is 4.90 Å². The fourth-order valence-electron chi connectivity index (χ4n) is 2.76. The SMILES string of the molecule is CSc1ccc(S(=O)(=O)N2CCN(Cc3ccccc3)CC2)cn1. The van der Waals surface area contributed by atoms with Gasteiger partial charge in [0.2, 0.25) is 10.0 Å². The van der Waals surface area contributed by atoms with Crippen molar-refractivity contribution in [3.8, 4) is 0 Å². The van der Waals surface area contributed by atoms with E-state index in [1.807, 2.05) is 24.5 Å². The summed E-state index contributed by atoms with van der Waals surface area (Å²) in [7, 11) is -3.45. The van der Waals surface area contributed by atoms with Gasteiger partial charge in [0.25, 0.3) is 0 Å². The molecule has 0 N–H and O–H groups in total. The summed E-state index contributed by atoms with van der Waals surface area (Å²) in [5.41, 5.74) is 1.26. The number of hydrogen-bond acceptors (Lipinski definition) is 5. The fourth-order valence-corrected chi connectivity index (χ4v) is 4.49. The average Bonchev–Trinajstić information content (AvgIpc) is 2.63. The third kappa shape index (κ3) is 3.97. The third-order valence-corrected chi connectivity index (χ3v) is 6.68. The average molecular weight is 364 g/mol. The van der Waals surface area contributed by atoms with Crippen LogP contribution in [0.15, 0.2) is 58.6 Å². The minimum atomic E-state index is -3.45. The molecule has 1 aliphatic rings. The van der Waals surface area contributed by atoms with Gasteiger partial charge in [0.05, 0.1) is 5.03 Å². The van der Waals surface area contributed by atoms with E-state index < -0.39 is 10.0 Å². The Balaban J connectivity index is 1.62. The van der Waals surface area contributed by atoms with Crippen LogP contribution in [0.1, 0.15) is 5.56 Å². The van der Waals surface area contributed by atoms with Crippen LogP contribution in [-0.4, -0.2) is 55.0 Å². The van der Waals surface area contributed by atoms with E-state index in [2.05, 4.69) is 22.0 Å². The lowest BCUT2D eigenvalue weighted by molar-refractivity contribution is 0.181. The molecule has 3 rings (SSSR count). The fraction of sp³-hybridized carbons (Fsp3) is 0.353. The van der Waals surface area contributed by atoms with Gasteiger partial charge >= 0.3 is 0 Å². The number of hydrogen-bond donors (Lipinski definition) is 0. The number of piperazine rings is 1.